The molecule has 0 spiro atoms. The molecule has 2 aromatic rings. The van der Waals surface area contributed by atoms with Crippen molar-refractivity contribution in [1.29, 1.82) is 5.26 Å². The second-order valence-electron chi connectivity index (χ2n) is 3.94. The molecule has 0 fully saturated rings. The van der Waals surface area contributed by atoms with Gasteiger partial charge in [0.15, 0.2) is 5.78 Å². The third-order valence-electron chi connectivity index (χ3n) is 2.57. The maximum atomic E-state index is 12.7. The normalized spacial score (nSPS) is 10.3. The van der Waals surface area contributed by atoms with Crippen molar-refractivity contribution >= 4 is 11.9 Å². The van der Waals surface area contributed by atoms with Crippen LogP contribution in [0.3, 0.4) is 0 Å². The summed E-state index contributed by atoms with van der Waals surface area (Å²) < 4.78 is 12.7. The summed E-state index contributed by atoms with van der Waals surface area (Å²) in [6.45, 7) is 0. The third kappa shape index (κ3) is 3.36. The summed E-state index contributed by atoms with van der Waals surface area (Å²) in [4.78, 5) is 11.8. The van der Waals surface area contributed by atoms with Crippen LogP contribution < -0.4 is 0 Å². The molecule has 0 atom stereocenters. The standard InChI is InChI=1S/C16H10FNO/c17-15-7-5-14(6-8-15)16(19)9-4-12-2-1-3-13(10-12)11-18/h1-10H/b9-4+. The van der Waals surface area contributed by atoms with E-state index < -0.39 is 0 Å². The molecular weight excluding hydrogens is 241 g/mol. The van der Waals surface area contributed by atoms with E-state index in [1.54, 1.807) is 30.3 Å². The molecule has 0 heterocycles. The van der Waals surface area contributed by atoms with Crippen molar-refractivity contribution in [1.82, 2.24) is 0 Å². The predicted molar refractivity (Wildman–Crippen MR) is 70.9 cm³/mol. The van der Waals surface area contributed by atoms with Crippen LogP contribution >= 0.6 is 0 Å². The van der Waals surface area contributed by atoms with Gasteiger partial charge in [0.05, 0.1) is 11.6 Å². The Balaban J connectivity index is 2.16. The van der Waals surface area contributed by atoms with Gasteiger partial charge in [0, 0.05) is 5.56 Å². The van der Waals surface area contributed by atoms with E-state index in [-0.39, 0.29) is 11.6 Å². The molecule has 0 bridgehead atoms. The molecule has 2 aromatic carbocycles. The number of rotatable bonds is 3. The minimum atomic E-state index is -0.373. The maximum absolute atomic E-state index is 12.7. The van der Waals surface area contributed by atoms with Crippen LogP contribution in [0, 0.1) is 17.1 Å². The molecule has 0 aliphatic heterocycles. The number of nitriles is 1. The molecule has 92 valence electrons. The Morgan fingerprint density at radius 3 is 2.58 bits per heavy atom. The Morgan fingerprint density at radius 1 is 1.16 bits per heavy atom. The van der Waals surface area contributed by atoms with Crippen LogP contribution in [0.15, 0.2) is 54.6 Å². The zero-order valence-corrected chi connectivity index (χ0v) is 10.0. The maximum Gasteiger partial charge on any atom is 0.185 e. The molecule has 2 rings (SSSR count). The number of halogens is 1. The van der Waals surface area contributed by atoms with Crippen LogP contribution in [0.4, 0.5) is 4.39 Å². The monoisotopic (exact) mass is 251 g/mol. The predicted octanol–water partition coefficient (Wildman–Crippen LogP) is 3.59. The van der Waals surface area contributed by atoms with Gasteiger partial charge in [-0.2, -0.15) is 5.26 Å². The fourth-order valence-electron chi connectivity index (χ4n) is 1.59. The summed E-state index contributed by atoms with van der Waals surface area (Å²) >= 11 is 0. The average Bonchev–Trinajstić information content (AvgIpc) is 2.46. The van der Waals surface area contributed by atoms with E-state index >= 15 is 0 Å². The Labute approximate surface area is 110 Å². The number of hydrogen-bond donors (Lipinski definition) is 0. The summed E-state index contributed by atoms with van der Waals surface area (Å²) in [6, 6.07) is 14.3. The molecule has 3 heteroatoms. The van der Waals surface area contributed by atoms with Crippen LogP contribution in [0.5, 0.6) is 0 Å². The van der Waals surface area contributed by atoms with Crippen LogP contribution in [0.2, 0.25) is 0 Å². The molecule has 0 saturated heterocycles. The highest BCUT2D eigenvalue weighted by Gasteiger charge is 2.01. The quantitative estimate of drug-likeness (QED) is 0.617. The number of allylic oxidation sites excluding steroid dienone is 1. The number of ketones is 1. The van der Waals surface area contributed by atoms with Crippen molar-refractivity contribution in [3.05, 3.63) is 77.1 Å². The first-order valence-electron chi connectivity index (χ1n) is 5.67. The van der Waals surface area contributed by atoms with E-state index in [9.17, 15) is 9.18 Å². The molecule has 2 nitrogen and oxygen atoms in total. The Morgan fingerprint density at radius 2 is 1.89 bits per heavy atom. The molecule has 0 aliphatic carbocycles. The van der Waals surface area contributed by atoms with Gasteiger partial charge in [0.25, 0.3) is 0 Å². The Hall–Kier alpha value is -2.73. The molecule has 0 saturated carbocycles. The lowest BCUT2D eigenvalue weighted by Crippen LogP contribution is -1.93. The number of benzene rings is 2. The van der Waals surface area contributed by atoms with Crippen LogP contribution in [-0.4, -0.2) is 5.78 Å². The zero-order valence-electron chi connectivity index (χ0n) is 10.0. The third-order valence-corrected chi connectivity index (χ3v) is 2.57. The first-order chi connectivity index (χ1) is 9.19. The molecular formula is C16H10FNO. The van der Waals surface area contributed by atoms with Crippen molar-refractivity contribution in [2.24, 2.45) is 0 Å². The number of carbonyl (C=O) groups is 1. The van der Waals surface area contributed by atoms with Gasteiger partial charge in [-0.05, 0) is 48.0 Å². The molecule has 0 amide bonds. The largest absolute Gasteiger partial charge is 0.289 e. The summed E-state index contributed by atoms with van der Waals surface area (Å²) in [5.41, 5.74) is 1.74. The van der Waals surface area contributed by atoms with E-state index in [0.717, 1.165) is 5.56 Å². The van der Waals surface area contributed by atoms with E-state index in [0.29, 0.717) is 11.1 Å². The molecule has 0 N–H and O–H groups in total. The number of hydrogen-bond acceptors (Lipinski definition) is 2. The van der Waals surface area contributed by atoms with Crippen molar-refractivity contribution in [3.8, 4) is 6.07 Å². The van der Waals surface area contributed by atoms with Crippen molar-refractivity contribution in [2.45, 2.75) is 0 Å². The summed E-state index contributed by atoms with van der Waals surface area (Å²) in [5, 5.41) is 8.77. The van der Waals surface area contributed by atoms with Crippen molar-refractivity contribution in [3.63, 3.8) is 0 Å². The van der Waals surface area contributed by atoms with Crippen molar-refractivity contribution in [2.75, 3.05) is 0 Å². The molecule has 0 radical (unpaired) electrons. The average molecular weight is 251 g/mol. The number of carbonyl (C=O) groups excluding carboxylic acids is 1. The van der Waals surface area contributed by atoms with Gasteiger partial charge in [-0.25, -0.2) is 4.39 Å². The van der Waals surface area contributed by atoms with Gasteiger partial charge < -0.3 is 0 Å². The SMILES string of the molecule is N#Cc1cccc(/C=C/C(=O)c2ccc(F)cc2)c1. The van der Waals surface area contributed by atoms with Crippen molar-refractivity contribution < 1.29 is 9.18 Å². The summed E-state index contributed by atoms with van der Waals surface area (Å²) in [7, 11) is 0. The molecule has 0 aromatic heterocycles. The summed E-state index contributed by atoms with van der Waals surface area (Å²) in [5.74, 6) is -0.579. The second kappa shape index (κ2) is 5.74. The molecule has 0 aliphatic rings. The minimum absolute atomic E-state index is 0.206. The topological polar surface area (TPSA) is 40.9 Å². The van der Waals surface area contributed by atoms with Gasteiger partial charge in [-0.15, -0.1) is 0 Å². The lowest BCUT2D eigenvalue weighted by molar-refractivity contribution is 0.104. The second-order valence-corrected chi connectivity index (χ2v) is 3.94. The molecule has 0 unspecified atom stereocenters. The molecule has 19 heavy (non-hydrogen) atoms. The summed E-state index contributed by atoms with van der Waals surface area (Å²) in [6.07, 6.45) is 3.04. The smallest absolute Gasteiger partial charge is 0.185 e. The zero-order chi connectivity index (χ0) is 13.7. The highest BCUT2D eigenvalue weighted by atomic mass is 19.1. The van der Waals surface area contributed by atoms with E-state index in [4.69, 9.17) is 5.26 Å². The van der Waals surface area contributed by atoms with E-state index in [1.807, 2.05) is 6.07 Å². The first-order valence-corrected chi connectivity index (χ1v) is 5.67. The van der Waals surface area contributed by atoms with Crippen LogP contribution in [0.25, 0.3) is 6.08 Å². The minimum Gasteiger partial charge on any atom is -0.289 e. The lowest BCUT2D eigenvalue weighted by atomic mass is 10.1. The van der Waals surface area contributed by atoms with Crippen LogP contribution in [-0.2, 0) is 0 Å². The van der Waals surface area contributed by atoms with Gasteiger partial charge in [0.1, 0.15) is 5.82 Å². The van der Waals surface area contributed by atoms with Gasteiger partial charge in [-0.1, -0.05) is 18.2 Å². The fourth-order valence-corrected chi connectivity index (χ4v) is 1.59. The Bertz CT molecular complexity index is 666. The van der Waals surface area contributed by atoms with E-state index in [2.05, 4.69) is 0 Å². The van der Waals surface area contributed by atoms with E-state index in [1.165, 1.54) is 30.3 Å². The fraction of sp³-hybridized carbons (Fsp3) is 0. The number of nitrogens with zero attached hydrogens (tertiary/aromatic N) is 1. The highest BCUT2D eigenvalue weighted by molar-refractivity contribution is 6.06. The lowest BCUT2D eigenvalue weighted by Gasteiger charge is -1.96. The van der Waals surface area contributed by atoms with Gasteiger partial charge in [0.2, 0.25) is 0 Å². The van der Waals surface area contributed by atoms with Gasteiger partial charge in [-0.3, -0.25) is 4.79 Å². The van der Waals surface area contributed by atoms with Gasteiger partial charge >= 0.3 is 0 Å². The first kappa shape index (κ1) is 12.7. The highest BCUT2D eigenvalue weighted by Crippen LogP contribution is 2.09. The Kier molecular flexibility index (Phi) is 3.84. The van der Waals surface area contributed by atoms with Crippen LogP contribution in [0.1, 0.15) is 21.5 Å².